The molecule has 0 bridgehead atoms. The molecule has 0 aliphatic carbocycles. The summed E-state index contributed by atoms with van der Waals surface area (Å²) in [6.45, 7) is 5.68. The lowest BCUT2D eigenvalue weighted by molar-refractivity contribution is 0.0940. The first-order valence-corrected chi connectivity index (χ1v) is 10.1. The van der Waals surface area contributed by atoms with Crippen LogP contribution in [0.3, 0.4) is 0 Å². The zero-order chi connectivity index (χ0) is 17.6. The second kappa shape index (κ2) is 8.79. The third kappa shape index (κ3) is 4.22. The van der Waals surface area contributed by atoms with Crippen LogP contribution in [0, 0.1) is 0 Å². The Bertz CT molecular complexity index is 713. The predicted octanol–water partition coefficient (Wildman–Crippen LogP) is 3.69. The molecule has 25 heavy (non-hydrogen) atoms. The SMILES string of the molecule is CCCN1CCCC1Cc1c(C(=O)NCCOC)sc2ccccc12. The average molecular weight is 361 g/mol. The van der Waals surface area contributed by atoms with Crippen molar-refractivity contribution in [2.45, 2.75) is 38.6 Å². The molecule has 2 aromatic rings. The Hall–Kier alpha value is -1.43. The fourth-order valence-corrected chi connectivity index (χ4v) is 4.92. The molecule has 1 atom stereocenters. The van der Waals surface area contributed by atoms with E-state index in [1.807, 2.05) is 6.07 Å². The summed E-state index contributed by atoms with van der Waals surface area (Å²) < 4.78 is 6.25. The number of amides is 1. The second-order valence-corrected chi connectivity index (χ2v) is 7.74. The van der Waals surface area contributed by atoms with E-state index < -0.39 is 0 Å². The van der Waals surface area contributed by atoms with Crippen LogP contribution in [0.15, 0.2) is 24.3 Å². The van der Waals surface area contributed by atoms with Gasteiger partial charge in [-0.05, 0) is 55.8 Å². The first kappa shape index (κ1) is 18.4. The summed E-state index contributed by atoms with van der Waals surface area (Å²) in [5, 5.41) is 4.24. The number of benzene rings is 1. The van der Waals surface area contributed by atoms with Gasteiger partial charge < -0.3 is 15.0 Å². The largest absolute Gasteiger partial charge is 0.383 e. The van der Waals surface area contributed by atoms with E-state index in [-0.39, 0.29) is 5.91 Å². The Morgan fingerprint density at radius 1 is 1.40 bits per heavy atom. The van der Waals surface area contributed by atoms with E-state index in [0.717, 1.165) is 17.8 Å². The average Bonchev–Trinajstić information content (AvgIpc) is 3.21. The number of ether oxygens (including phenoxy) is 1. The molecule has 1 amide bonds. The molecule has 1 N–H and O–H groups in total. The third-order valence-electron chi connectivity index (χ3n) is 4.95. The van der Waals surface area contributed by atoms with Crippen molar-refractivity contribution in [3.05, 3.63) is 34.7 Å². The molecule has 1 saturated heterocycles. The van der Waals surface area contributed by atoms with Crippen LogP contribution in [0.1, 0.15) is 41.4 Å². The maximum Gasteiger partial charge on any atom is 0.261 e. The van der Waals surface area contributed by atoms with Crippen LogP contribution >= 0.6 is 11.3 Å². The van der Waals surface area contributed by atoms with Crippen LogP contribution in [0.4, 0.5) is 0 Å². The Morgan fingerprint density at radius 2 is 2.24 bits per heavy atom. The highest BCUT2D eigenvalue weighted by Gasteiger charge is 2.27. The predicted molar refractivity (Wildman–Crippen MR) is 105 cm³/mol. The van der Waals surface area contributed by atoms with Crippen molar-refractivity contribution in [1.29, 1.82) is 0 Å². The quantitative estimate of drug-likeness (QED) is 0.730. The van der Waals surface area contributed by atoms with E-state index >= 15 is 0 Å². The van der Waals surface area contributed by atoms with Gasteiger partial charge in [0, 0.05) is 24.4 Å². The number of carbonyl (C=O) groups excluding carboxylic acids is 1. The van der Waals surface area contributed by atoms with Gasteiger partial charge in [-0.25, -0.2) is 0 Å². The molecule has 1 fully saturated rings. The van der Waals surface area contributed by atoms with E-state index in [4.69, 9.17) is 4.74 Å². The van der Waals surface area contributed by atoms with Crippen LogP contribution in [0.2, 0.25) is 0 Å². The van der Waals surface area contributed by atoms with Crippen LogP contribution in [0.25, 0.3) is 10.1 Å². The number of nitrogens with zero attached hydrogens (tertiary/aromatic N) is 1. The van der Waals surface area contributed by atoms with Gasteiger partial charge >= 0.3 is 0 Å². The second-order valence-electron chi connectivity index (χ2n) is 6.69. The van der Waals surface area contributed by atoms with Crippen molar-refractivity contribution >= 4 is 27.3 Å². The lowest BCUT2D eigenvalue weighted by atomic mass is 10.00. The molecule has 1 aliphatic heterocycles. The van der Waals surface area contributed by atoms with Gasteiger partial charge in [0.05, 0.1) is 11.5 Å². The summed E-state index contributed by atoms with van der Waals surface area (Å²) in [4.78, 5) is 16.2. The molecule has 1 aliphatic rings. The summed E-state index contributed by atoms with van der Waals surface area (Å²) in [5.41, 5.74) is 1.23. The number of hydrogen-bond donors (Lipinski definition) is 1. The van der Waals surface area contributed by atoms with Crippen LogP contribution in [0.5, 0.6) is 0 Å². The van der Waals surface area contributed by atoms with Gasteiger partial charge in [-0.2, -0.15) is 0 Å². The van der Waals surface area contributed by atoms with Crippen molar-refractivity contribution in [3.8, 4) is 0 Å². The van der Waals surface area contributed by atoms with Crippen molar-refractivity contribution in [2.75, 3.05) is 33.4 Å². The molecule has 5 heteroatoms. The smallest absolute Gasteiger partial charge is 0.261 e. The molecule has 136 valence electrons. The van der Waals surface area contributed by atoms with Crippen LogP contribution < -0.4 is 5.32 Å². The monoisotopic (exact) mass is 360 g/mol. The van der Waals surface area contributed by atoms with E-state index in [0.29, 0.717) is 19.2 Å². The third-order valence-corrected chi connectivity index (χ3v) is 6.16. The van der Waals surface area contributed by atoms with Crippen molar-refractivity contribution in [3.63, 3.8) is 0 Å². The maximum absolute atomic E-state index is 12.7. The number of methoxy groups -OCH3 is 1. The van der Waals surface area contributed by atoms with Gasteiger partial charge in [0.1, 0.15) is 0 Å². The van der Waals surface area contributed by atoms with Gasteiger partial charge in [0.15, 0.2) is 0 Å². The molecule has 0 radical (unpaired) electrons. The molecule has 1 aromatic heterocycles. The molecule has 0 spiro atoms. The normalized spacial score (nSPS) is 18.1. The molecule has 4 nitrogen and oxygen atoms in total. The first-order chi connectivity index (χ1) is 12.2. The van der Waals surface area contributed by atoms with Gasteiger partial charge in [-0.15, -0.1) is 11.3 Å². The number of nitrogens with one attached hydrogen (secondary N) is 1. The summed E-state index contributed by atoms with van der Waals surface area (Å²) in [6, 6.07) is 8.96. The van der Waals surface area contributed by atoms with Crippen molar-refractivity contribution in [1.82, 2.24) is 10.2 Å². The fraction of sp³-hybridized carbons (Fsp3) is 0.550. The summed E-state index contributed by atoms with van der Waals surface area (Å²) in [7, 11) is 1.65. The maximum atomic E-state index is 12.7. The minimum Gasteiger partial charge on any atom is -0.383 e. The molecular formula is C20H28N2O2S. The van der Waals surface area contributed by atoms with Gasteiger partial charge in [-0.1, -0.05) is 25.1 Å². The summed E-state index contributed by atoms with van der Waals surface area (Å²) >= 11 is 1.62. The van der Waals surface area contributed by atoms with E-state index in [1.54, 1.807) is 18.4 Å². The Morgan fingerprint density at radius 3 is 3.04 bits per heavy atom. The lowest BCUT2D eigenvalue weighted by Gasteiger charge is -2.24. The number of fused-ring (bicyclic) bond motifs is 1. The Balaban J connectivity index is 1.86. The number of hydrogen-bond acceptors (Lipinski definition) is 4. The van der Waals surface area contributed by atoms with Gasteiger partial charge in [-0.3, -0.25) is 4.79 Å². The van der Waals surface area contributed by atoms with E-state index in [2.05, 4.69) is 35.3 Å². The number of likely N-dealkylation sites (tertiary alicyclic amines) is 1. The zero-order valence-corrected chi connectivity index (χ0v) is 16.0. The van der Waals surface area contributed by atoms with Crippen LogP contribution in [-0.4, -0.2) is 50.2 Å². The minimum absolute atomic E-state index is 0.0355. The number of carbonyl (C=O) groups is 1. The standard InChI is InChI=1S/C20H28N2O2S/c1-3-11-22-12-6-7-15(22)14-17-16-8-4-5-9-18(16)25-19(17)20(23)21-10-13-24-2/h4-5,8-9,15H,3,6-7,10-14H2,1-2H3,(H,21,23). The highest BCUT2D eigenvalue weighted by atomic mass is 32.1. The molecule has 3 rings (SSSR count). The Labute approximate surface area is 154 Å². The number of thiophene rings is 1. The molecular weight excluding hydrogens is 332 g/mol. The van der Waals surface area contributed by atoms with Crippen molar-refractivity contribution in [2.24, 2.45) is 0 Å². The Kier molecular flexibility index (Phi) is 6.45. The molecule has 1 unspecified atom stereocenters. The minimum atomic E-state index is 0.0355. The zero-order valence-electron chi connectivity index (χ0n) is 15.2. The highest BCUT2D eigenvalue weighted by Crippen LogP contribution is 2.34. The summed E-state index contributed by atoms with van der Waals surface area (Å²) in [5.74, 6) is 0.0355. The molecule has 2 heterocycles. The van der Waals surface area contributed by atoms with E-state index in [1.165, 1.54) is 41.5 Å². The molecule has 1 aromatic carbocycles. The first-order valence-electron chi connectivity index (χ1n) is 9.26. The highest BCUT2D eigenvalue weighted by molar-refractivity contribution is 7.21. The molecule has 0 saturated carbocycles. The van der Waals surface area contributed by atoms with Gasteiger partial charge in [0.2, 0.25) is 0 Å². The van der Waals surface area contributed by atoms with Gasteiger partial charge in [0.25, 0.3) is 5.91 Å². The van der Waals surface area contributed by atoms with Crippen LogP contribution in [-0.2, 0) is 11.2 Å². The number of rotatable bonds is 8. The summed E-state index contributed by atoms with van der Waals surface area (Å²) in [6.07, 6.45) is 4.65. The van der Waals surface area contributed by atoms with Crippen molar-refractivity contribution < 1.29 is 9.53 Å². The lowest BCUT2D eigenvalue weighted by Crippen LogP contribution is -2.32. The fourth-order valence-electron chi connectivity index (χ4n) is 3.78. The topological polar surface area (TPSA) is 41.6 Å². The van der Waals surface area contributed by atoms with E-state index in [9.17, 15) is 4.79 Å².